The second kappa shape index (κ2) is 3.98. The Balaban J connectivity index is 2.51. The van der Waals surface area contributed by atoms with Gasteiger partial charge in [-0.2, -0.15) is 0 Å². The third kappa shape index (κ3) is 2.78. The largest absolute Gasteiger partial charge is 0.481 e. The lowest BCUT2D eigenvalue weighted by molar-refractivity contribution is -0.141. The van der Waals surface area contributed by atoms with E-state index in [2.05, 4.69) is 0 Å². The minimum Gasteiger partial charge on any atom is -0.481 e. The molecule has 82 valence electrons. The maximum absolute atomic E-state index is 12.8. The highest BCUT2D eigenvalue weighted by Gasteiger charge is 2.45. The van der Waals surface area contributed by atoms with Crippen LogP contribution in [-0.2, 0) is 4.79 Å². The normalized spacial score (nSPS) is 29.0. The highest BCUT2D eigenvalue weighted by Crippen LogP contribution is 2.35. The van der Waals surface area contributed by atoms with Gasteiger partial charge in [0.1, 0.15) is 0 Å². The first-order valence-electron chi connectivity index (χ1n) is 4.35. The summed E-state index contributed by atoms with van der Waals surface area (Å²) in [7, 11) is 0. The van der Waals surface area contributed by atoms with Crippen molar-refractivity contribution in [2.45, 2.75) is 31.7 Å². The van der Waals surface area contributed by atoms with Gasteiger partial charge in [0, 0.05) is 12.5 Å². The van der Waals surface area contributed by atoms with Crippen molar-refractivity contribution in [2.24, 2.45) is 5.92 Å². The van der Waals surface area contributed by atoms with Crippen molar-refractivity contribution in [2.75, 3.05) is 6.54 Å². The van der Waals surface area contributed by atoms with E-state index in [4.69, 9.17) is 16.9 Å². The molecule has 1 fully saturated rings. The van der Waals surface area contributed by atoms with Gasteiger partial charge in [0.05, 0.1) is 12.5 Å². The van der Waals surface area contributed by atoms with Crippen molar-refractivity contribution in [3.05, 3.63) is 0 Å². The number of alkyl halides is 2. The molecule has 2 atom stereocenters. The second-order valence-corrected chi connectivity index (χ2v) is 4.18. The predicted molar refractivity (Wildman–Crippen MR) is 47.3 cm³/mol. The highest BCUT2D eigenvalue weighted by molar-refractivity contribution is 6.13. The second-order valence-electron chi connectivity index (χ2n) is 3.75. The van der Waals surface area contributed by atoms with Crippen molar-refractivity contribution < 1.29 is 18.7 Å². The fourth-order valence-electron chi connectivity index (χ4n) is 1.57. The molecule has 1 N–H and O–H groups in total. The number of carboxylic acids is 1. The Labute approximate surface area is 85.7 Å². The first-order valence-corrected chi connectivity index (χ1v) is 4.69. The summed E-state index contributed by atoms with van der Waals surface area (Å²) in [4.78, 5) is 10.5. The zero-order valence-electron chi connectivity index (χ0n) is 7.71. The Morgan fingerprint density at radius 1 is 1.79 bits per heavy atom. The van der Waals surface area contributed by atoms with Gasteiger partial charge in [-0.1, -0.05) is 6.92 Å². The average Bonchev–Trinajstić information content (AvgIpc) is 2.24. The Bertz CT molecular complexity index is 237. The molecule has 0 radical (unpaired) electrons. The lowest BCUT2D eigenvalue weighted by atomic mass is 10.0. The van der Waals surface area contributed by atoms with Gasteiger partial charge in [0.2, 0.25) is 0 Å². The van der Waals surface area contributed by atoms with Crippen molar-refractivity contribution in [3.63, 3.8) is 0 Å². The number of hydrogen-bond donors (Lipinski definition) is 1. The summed E-state index contributed by atoms with van der Waals surface area (Å²) >= 11 is 5.57. The van der Waals surface area contributed by atoms with Gasteiger partial charge in [-0.15, -0.1) is 0 Å². The number of hydrogen-bond acceptors (Lipinski definition) is 2. The van der Waals surface area contributed by atoms with Crippen LogP contribution < -0.4 is 0 Å². The van der Waals surface area contributed by atoms with Gasteiger partial charge in [0.25, 0.3) is 5.92 Å². The van der Waals surface area contributed by atoms with Crippen LogP contribution in [0.15, 0.2) is 0 Å². The van der Waals surface area contributed by atoms with Crippen LogP contribution in [0.2, 0.25) is 0 Å². The van der Waals surface area contributed by atoms with Crippen molar-refractivity contribution >= 4 is 17.7 Å². The van der Waals surface area contributed by atoms with Crippen LogP contribution in [0.3, 0.4) is 0 Å². The van der Waals surface area contributed by atoms with Gasteiger partial charge in [-0.3, -0.25) is 4.79 Å². The minimum absolute atomic E-state index is 0.161. The molecular formula is C8H12ClF2NO2. The number of nitrogens with zero attached hydrogens (tertiary/aromatic N) is 1. The number of carboxylic acid groups (broad SMARTS) is 1. The number of rotatable bonds is 3. The monoisotopic (exact) mass is 227 g/mol. The van der Waals surface area contributed by atoms with Crippen LogP contribution in [0.4, 0.5) is 8.78 Å². The summed E-state index contributed by atoms with van der Waals surface area (Å²) in [5, 5.41) is 8.61. The number of halogens is 3. The summed E-state index contributed by atoms with van der Waals surface area (Å²) < 4.78 is 26.7. The Kier molecular flexibility index (Phi) is 3.32. The molecule has 1 heterocycles. The summed E-state index contributed by atoms with van der Waals surface area (Å²) in [5.41, 5.74) is 0. The average molecular weight is 228 g/mol. The molecule has 14 heavy (non-hydrogen) atoms. The molecule has 0 amide bonds. The van der Waals surface area contributed by atoms with Gasteiger partial charge in [-0.25, -0.2) is 13.2 Å². The molecule has 0 aliphatic carbocycles. The third-order valence-electron chi connectivity index (χ3n) is 2.36. The predicted octanol–water partition coefficient (Wildman–Crippen LogP) is 1.96. The molecule has 1 unspecified atom stereocenters. The molecule has 0 spiro atoms. The Morgan fingerprint density at radius 2 is 2.36 bits per heavy atom. The van der Waals surface area contributed by atoms with Crippen LogP contribution in [-0.4, -0.2) is 34.0 Å². The fourth-order valence-corrected chi connectivity index (χ4v) is 1.89. The van der Waals surface area contributed by atoms with Gasteiger partial charge in [-0.05, 0) is 18.2 Å². The molecule has 0 bridgehead atoms. The molecule has 1 aliphatic heterocycles. The molecule has 0 aromatic heterocycles. The Hall–Kier alpha value is -0.420. The van der Waals surface area contributed by atoms with Crippen molar-refractivity contribution in [3.8, 4) is 0 Å². The van der Waals surface area contributed by atoms with Crippen LogP contribution in [0.1, 0.15) is 19.8 Å². The maximum atomic E-state index is 12.8. The van der Waals surface area contributed by atoms with Crippen LogP contribution in [0.5, 0.6) is 0 Å². The van der Waals surface area contributed by atoms with E-state index in [9.17, 15) is 13.6 Å². The lowest BCUT2D eigenvalue weighted by Gasteiger charge is -2.17. The molecule has 0 aromatic carbocycles. The maximum Gasteiger partial charge on any atom is 0.306 e. The van der Waals surface area contributed by atoms with Crippen molar-refractivity contribution in [1.82, 2.24) is 4.42 Å². The molecule has 6 heteroatoms. The first kappa shape index (κ1) is 11.7. The van der Waals surface area contributed by atoms with Crippen LogP contribution in [0.25, 0.3) is 0 Å². The van der Waals surface area contributed by atoms with E-state index >= 15 is 0 Å². The van der Waals surface area contributed by atoms with Gasteiger partial charge >= 0.3 is 5.97 Å². The van der Waals surface area contributed by atoms with Gasteiger partial charge < -0.3 is 5.11 Å². The van der Waals surface area contributed by atoms with E-state index in [1.165, 1.54) is 6.92 Å². The first-order chi connectivity index (χ1) is 6.32. The summed E-state index contributed by atoms with van der Waals surface area (Å²) in [5.74, 6) is -4.41. The van der Waals surface area contributed by atoms with E-state index in [1.54, 1.807) is 0 Å². The van der Waals surface area contributed by atoms with E-state index in [0.29, 0.717) is 0 Å². The third-order valence-corrected chi connectivity index (χ3v) is 2.76. The SMILES string of the molecule is CC(C[C@@H]1CC(F)(F)CN1Cl)C(=O)O. The summed E-state index contributed by atoms with van der Waals surface area (Å²) in [6.45, 7) is 0.995. The molecule has 1 rings (SSSR count). The molecule has 0 saturated carbocycles. The smallest absolute Gasteiger partial charge is 0.306 e. The quantitative estimate of drug-likeness (QED) is 0.750. The number of aliphatic carboxylic acids is 1. The van der Waals surface area contributed by atoms with Crippen LogP contribution in [0, 0.1) is 5.92 Å². The molecule has 1 saturated heterocycles. The van der Waals surface area contributed by atoms with E-state index in [0.717, 1.165) is 4.42 Å². The van der Waals surface area contributed by atoms with Gasteiger partial charge in [0.15, 0.2) is 0 Å². The minimum atomic E-state index is -2.79. The zero-order valence-corrected chi connectivity index (χ0v) is 8.47. The molecular weight excluding hydrogens is 216 g/mol. The molecule has 1 aliphatic rings. The van der Waals surface area contributed by atoms with E-state index in [-0.39, 0.29) is 12.8 Å². The summed E-state index contributed by atoms with van der Waals surface area (Å²) in [6, 6.07) is -0.544. The standard InChI is InChI=1S/C8H12ClF2NO2/c1-5(7(13)14)2-6-3-8(10,11)4-12(6)9/h5-6H,2-4H2,1H3,(H,13,14)/t5?,6-/m1/s1. The van der Waals surface area contributed by atoms with Crippen LogP contribution >= 0.6 is 11.8 Å². The molecule has 0 aromatic rings. The molecule has 3 nitrogen and oxygen atoms in total. The van der Waals surface area contributed by atoms with Crippen molar-refractivity contribution in [1.29, 1.82) is 0 Å². The fraction of sp³-hybridized carbons (Fsp3) is 0.875. The van der Waals surface area contributed by atoms with E-state index in [1.807, 2.05) is 0 Å². The summed E-state index contributed by atoms with van der Waals surface area (Å²) in [6.07, 6.45) is -0.192. The Morgan fingerprint density at radius 3 is 2.71 bits per heavy atom. The van der Waals surface area contributed by atoms with E-state index < -0.39 is 30.4 Å². The highest BCUT2D eigenvalue weighted by atomic mass is 35.5. The lowest BCUT2D eigenvalue weighted by Crippen LogP contribution is -2.25. The zero-order chi connectivity index (χ0) is 10.9. The topological polar surface area (TPSA) is 40.5 Å². The number of carbonyl (C=O) groups is 1.